The summed E-state index contributed by atoms with van der Waals surface area (Å²) in [6.45, 7) is -1.56. The smallest absolute Gasteiger partial charge is 0.372 e. The first-order chi connectivity index (χ1) is 8.31. The Labute approximate surface area is 107 Å². The fourth-order valence-electron chi connectivity index (χ4n) is 1.41. The zero-order valence-electron chi connectivity index (χ0n) is 9.31. The van der Waals surface area contributed by atoms with Crippen LogP contribution in [0.5, 0.6) is 0 Å². The molecule has 1 aromatic rings. The quantitative estimate of drug-likeness (QED) is 0.664. The fourth-order valence-corrected chi connectivity index (χ4v) is 1.71. The van der Waals surface area contributed by atoms with Gasteiger partial charge < -0.3 is 10.5 Å². The summed E-state index contributed by atoms with van der Waals surface area (Å²) in [7, 11) is 0. The Kier molecular flexibility index (Phi) is 5.37. The van der Waals surface area contributed by atoms with Crippen LogP contribution in [-0.4, -0.2) is 19.4 Å². The molecule has 7 heteroatoms. The predicted octanol–water partition coefficient (Wildman–Crippen LogP) is 3.45. The first-order valence-corrected chi connectivity index (χ1v) is 5.53. The van der Waals surface area contributed by atoms with Gasteiger partial charge in [0.15, 0.2) is 0 Å². The van der Waals surface area contributed by atoms with Crippen LogP contribution in [0.3, 0.4) is 0 Å². The summed E-state index contributed by atoms with van der Waals surface area (Å²) in [6.07, 6.45) is -4.32. The van der Waals surface area contributed by atoms with Gasteiger partial charge in [-0.25, -0.2) is 4.39 Å². The second kappa shape index (κ2) is 6.36. The van der Waals surface area contributed by atoms with Crippen LogP contribution in [0.1, 0.15) is 18.0 Å². The standard InChI is InChI=1S/C11H12ClF4NO/c12-7-2-1-3-8(13)10(7)9(17)4-5-18-6-11(14,15)16/h1-3,9H,4-6,17H2. The van der Waals surface area contributed by atoms with Gasteiger partial charge in [-0.15, -0.1) is 0 Å². The van der Waals surface area contributed by atoms with Crippen molar-refractivity contribution in [2.75, 3.05) is 13.2 Å². The average molecular weight is 286 g/mol. The molecule has 18 heavy (non-hydrogen) atoms. The van der Waals surface area contributed by atoms with E-state index in [1.54, 1.807) is 0 Å². The summed E-state index contributed by atoms with van der Waals surface area (Å²) < 4.78 is 53.2. The SMILES string of the molecule is NC(CCOCC(F)(F)F)c1c(F)cccc1Cl. The van der Waals surface area contributed by atoms with Crippen LogP contribution in [0.2, 0.25) is 5.02 Å². The third-order valence-electron chi connectivity index (χ3n) is 2.21. The average Bonchev–Trinajstić information content (AvgIpc) is 2.23. The van der Waals surface area contributed by atoms with Crippen LogP contribution in [0, 0.1) is 5.82 Å². The molecule has 0 amide bonds. The number of halogens is 5. The molecule has 0 bridgehead atoms. The van der Waals surface area contributed by atoms with Gasteiger partial charge in [-0.2, -0.15) is 13.2 Å². The van der Waals surface area contributed by atoms with Crippen LogP contribution < -0.4 is 5.73 Å². The molecule has 0 heterocycles. The summed E-state index contributed by atoms with van der Waals surface area (Å²) >= 11 is 5.77. The van der Waals surface area contributed by atoms with E-state index in [4.69, 9.17) is 17.3 Å². The van der Waals surface area contributed by atoms with E-state index in [2.05, 4.69) is 4.74 Å². The van der Waals surface area contributed by atoms with E-state index in [0.717, 1.165) is 0 Å². The Hall–Kier alpha value is -0.850. The second-order valence-corrected chi connectivity index (χ2v) is 4.11. The summed E-state index contributed by atoms with van der Waals surface area (Å²) in [4.78, 5) is 0. The molecule has 0 radical (unpaired) electrons. The van der Waals surface area contributed by atoms with Crippen molar-refractivity contribution in [2.45, 2.75) is 18.6 Å². The van der Waals surface area contributed by atoms with Gasteiger partial charge in [-0.1, -0.05) is 17.7 Å². The van der Waals surface area contributed by atoms with Gasteiger partial charge in [0.2, 0.25) is 0 Å². The molecule has 2 N–H and O–H groups in total. The predicted molar refractivity (Wildman–Crippen MR) is 59.8 cm³/mol. The molecule has 0 saturated carbocycles. The van der Waals surface area contributed by atoms with Crippen LogP contribution in [0.25, 0.3) is 0 Å². The van der Waals surface area contributed by atoms with Gasteiger partial charge >= 0.3 is 6.18 Å². The highest BCUT2D eigenvalue weighted by atomic mass is 35.5. The molecule has 0 saturated heterocycles. The van der Waals surface area contributed by atoms with Gasteiger partial charge in [-0.3, -0.25) is 0 Å². The molecule has 1 unspecified atom stereocenters. The Morgan fingerprint density at radius 1 is 1.33 bits per heavy atom. The maximum Gasteiger partial charge on any atom is 0.411 e. The third-order valence-corrected chi connectivity index (χ3v) is 2.54. The summed E-state index contributed by atoms with van der Waals surface area (Å²) in [5.41, 5.74) is 5.75. The maximum atomic E-state index is 13.4. The first-order valence-electron chi connectivity index (χ1n) is 5.15. The minimum atomic E-state index is -4.38. The van der Waals surface area contributed by atoms with Gasteiger partial charge in [-0.05, 0) is 18.6 Å². The van der Waals surface area contributed by atoms with Crippen molar-refractivity contribution < 1.29 is 22.3 Å². The summed E-state index contributed by atoms with van der Waals surface area (Å²) in [5.74, 6) is -0.578. The first kappa shape index (κ1) is 15.2. The molecular weight excluding hydrogens is 274 g/mol. The van der Waals surface area contributed by atoms with Crippen molar-refractivity contribution in [3.05, 3.63) is 34.6 Å². The lowest BCUT2D eigenvalue weighted by Gasteiger charge is -2.15. The Morgan fingerprint density at radius 2 is 2.00 bits per heavy atom. The number of hydrogen-bond donors (Lipinski definition) is 1. The normalized spacial score (nSPS) is 13.7. The van der Waals surface area contributed by atoms with E-state index in [1.807, 2.05) is 0 Å². The molecular formula is C11H12ClF4NO. The molecule has 0 aliphatic carbocycles. The molecule has 2 nitrogen and oxygen atoms in total. The van der Waals surface area contributed by atoms with Crippen LogP contribution in [0.15, 0.2) is 18.2 Å². The molecule has 0 aliphatic heterocycles. The Bertz CT molecular complexity index is 377. The molecule has 102 valence electrons. The number of ether oxygens (including phenoxy) is 1. The van der Waals surface area contributed by atoms with Crippen LogP contribution in [0.4, 0.5) is 17.6 Å². The lowest BCUT2D eigenvalue weighted by molar-refractivity contribution is -0.174. The number of hydrogen-bond acceptors (Lipinski definition) is 2. The van der Waals surface area contributed by atoms with Gasteiger partial charge in [0.05, 0.1) is 0 Å². The van der Waals surface area contributed by atoms with Crippen molar-refractivity contribution >= 4 is 11.6 Å². The van der Waals surface area contributed by atoms with Crippen molar-refractivity contribution in [1.29, 1.82) is 0 Å². The number of benzene rings is 1. The minimum Gasteiger partial charge on any atom is -0.372 e. The van der Waals surface area contributed by atoms with E-state index < -0.39 is 24.6 Å². The van der Waals surface area contributed by atoms with Crippen molar-refractivity contribution in [1.82, 2.24) is 0 Å². The molecule has 1 aromatic carbocycles. The van der Waals surface area contributed by atoms with E-state index in [9.17, 15) is 17.6 Å². The zero-order valence-corrected chi connectivity index (χ0v) is 10.1. The molecule has 1 rings (SSSR count). The van der Waals surface area contributed by atoms with Gasteiger partial charge in [0, 0.05) is 23.2 Å². The monoisotopic (exact) mass is 285 g/mol. The highest BCUT2D eigenvalue weighted by molar-refractivity contribution is 6.31. The van der Waals surface area contributed by atoms with Gasteiger partial charge in [0.25, 0.3) is 0 Å². The van der Waals surface area contributed by atoms with Crippen LogP contribution >= 0.6 is 11.6 Å². The van der Waals surface area contributed by atoms with Crippen molar-refractivity contribution in [2.24, 2.45) is 5.73 Å². The highest BCUT2D eigenvalue weighted by Gasteiger charge is 2.27. The van der Waals surface area contributed by atoms with E-state index in [0.29, 0.717) is 0 Å². The van der Waals surface area contributed by atoms with E-state index in [1.165, 1.54) is 18.2 Å². The van der Waals surface area contributed by atoms with Crippen LogP contribution in [-0.2, 0) is 4.74 Å². The topological polar surface area (TPSA) is 35.2 Å². The van der Waals surface area contributed by atoms with E-state index in [-0.39, 0.29) is 23.6 Å². The number of rotatable bonds is 5. The minimum absolute atomic E-state index is 0.0523. The third kappa shape index (κ3) is 4.80. The molecule has 0 aromatic heterocycles. The Morgan fingerprint density at radius 3 is 2.56 bits per heavy atom. The molecule has 0 spiro atoms. The lowest BCUT2D eigenvalue weighted by Crippen LogP contribution is -2.20. The number of alkyl halides is 3. The summed E-state index contributed by atoms with van der Waals surface area (Å²) in [5, 5.41) is 0.151. The Balaban J connectivity index is 2.48. The lowest BCUT2D eigenvalue weighted by atomic mass is 10.0. The molecule has 0 fully saturated rings. The summed E-state index contributed by atoms with van der Waals surface area (Å²) in [6, 6.07) is 3.29. The zero-order chi connectivity index (χ0) is 13.8. The molecule has 1 atom stereocenters. The maximum absolute atomic E-state index is 13.4. The molecule has 0 aliphatic rings. The van der Waals surface area contributed by atoms with Crippen molar-refractivity contribution in [3.8, 4) is 0 Å². The fraction of sp³-hybridized carbons (Fsp3) is 0.455. The highest BCUT2D eigenvalue weighted by Crippen LogP contribution is 2.26. The van der Waals surface area contributed by atoms with Crippen molar-refractivity contribution in [3.63, 3.8) is 0 Å². The second-order valence-electron chi connectivity index (χ2n) is 3.70. The largest absolute Gasteiger partial charge is 0.411 e. The van der Waals surface area contributed by atoms with Gasteiger partial charge in [0.1, 0.15) is 12.4 Å². The van der Waals surface area contributed by atoms with E-state index >= 15 is 0 Å². The number of nitrogens with two attached hydrogens (primary N) is 1.